The molecule has 0 aliphatic carbocycles. The lowest BCUT2D eigenvalue weighted by Crippen LogP contribution is -2.28. The van der Waals surface area contributed by atoms with Crippen LogP contribution in [0.1, 0.15) is 30.0 Å². The molecule has 1 saturated heterocycles. The summed E-state index contributed by atoms with van der Waals surface area (Å²) in [5.74, 6) is 0.477. The molecular weight excluding hydrogens is 212 g/mol. The summed E-state index contributed by atoms with van der Waals surface area (Å²) in [6.45, 7) is 2.91. The summed E-state index contributed by atoms with van der Waals surface area (Å²) in [7, 11) is 0. The van der Waals surface area contributed by atoms with E-state index in [1.165, 1.54) is 0 Å². The van der Waals surface area contributed by atoms with Gasteiger partial charge in [0.15, 0.2) is 11.0 Å². The third kappa shape index (κ3) is 2.06. The van der Waals surface area contributed by atoms with Crippen molar-refractivity contribution in [1.29, 1.82) is 0 Å². The van der Waals surface area contributed by atoms with Gasteiger partial charge in [-0.3, -0.25) is 0 Å². The minimum atomic E-state index is 0.228. The van der Waals surface area contributed by atoms with Gasteiger partial charge >= 0.3 is 0 Å². The summed E-state index contributed by atoms with van der Waals surface area (Å²) in [5.41, 5.74) is 7.75. The van der Waals surface area contributed by atoms with Crippen molar-refractivity contribution in [2.75, 3.05) is 12.3 Å². The van der Waals surface area contributed by atoms with E-state index >= 15 is 0 Å². The van der Waals surface area contributed by atoms with E-state index in [1.54, 1.807) is 0 Å². The highest BCUT2D eigenvalue weighted by Gasteiger charge is 2.21. The second-order valence-electron chi connectivity index (χ2n) is 3.73. The molecule has 1 fully saturated rings. The first-order chi connectivity index (χ1) is 7.20. The molecule has 0 bridgehead atoms. The zero-order valence-corrected chi connectivity index (χ0v) is 9.38. The van der Waals surface area contributed by atoms with Gasteiger partial charge in [0.25, 0.3) is 0 Å². The molecule has 3 N–H and O–H groups in total. The molecule has 2 rings (SSSR count). The molecule has 5 heteroatoms. The fraction of sp³-hybridized carbons (Fsp3) is 0.500. The van der Waals surface area contributed by atoms with Crippen LogP contribution >= 0.6 is 11.6 Å². The maximum atomic E-state index is 5.94. The zero-order chi connectivity index (χ0) is 10.8. The van der Waals surface area contributed by atoms with Crippen LogP contribution in [0, 0.1) is 13.3 Å². The van der Waals surface area contributed by atoms with Crippen LogP contribution in [0.5, 0.6) is 0 Å². The topological polar surface area (TPSA) is 63.8 Å². The van der Waals surface area contributed by atoms with E-state index in [4.69, 9.17) is 17.3 Å². The number of nitrogens with two attached hydrogens (primary N) is 1. The molecule has 1 radical (unpaired) electrons. The Bertz CT molecular complexity index is 361. The second kappa shape index (κ2) is 4.33. The van der Waals surface area contributed by atoms with E-state index in [-0.39, 0.29) is 6.04 Å². The lowest BCUT2D eigenvalue weighted by atomic mass is 9.95. The Labute approximate surface area is 94.2 Å². The smallest absolute Gasteiger partial charge is 0.155 e. The number of nitrogens with one attached hydrogen (secondary N) is 1. The van der Waals surface area contributed by atoms with Gasteiger partial charge in [-0.1, -0.05) is 11.6 Å². The summed E-state index contributed by atoms with van der Waals surface area (Å²) in [4.78, 5) is 0. The van der Waals surface area contributed by atoms with Crippen molar-refractivity contribution in [3.05, 3.63) is 22.7 Å². The largest absolute Gasteiger partial charge is 0.382 e. The Hall–Kier alpha value is -0.870. The molecule has 1 aromatic rings. The summed E-state index contributed by atoms with van der Waals surface area (Å²) < 4.78 is 0. The molecule has 1 aliphatic rings. The Morgan fingerprint density at radius 3 is 3.00 bits per heavy atom. The van der Waals surface area contributed by atoms with Crippen molar-refractivity contribution in [3.8, 4) is 0 Å². The summed E-state index contributed by atoms with van der Waals surface area (Å²) >= 11 is 5.94. The molecule has 1 aromatic heterocycles. The van der Waals surface area contributed by atoms with Crippen LogP contribution < -0.4 is 11.1 Å². The first kappa shape index (κ1) is 10.6. The minimum absolute atomic E-state index is 0.228. The quantitative estimate of drug-likeness (QED) is 0.763. The standard InChI is InChI=1S/C10H14ClN4/c1-6-8(7-4-2-3-5-13-7)10(12)15-14-9(6)11/h2,7,13H,3-5H2,1H3,(H2,12,15). The Balaban J connectivity index is 2.36. The van der Waals surface area contributed by atoms with E-state index in [1.807, 2.05) is 6.92 Å². The van der Waals surface area contributed by atoms with Crippen LogP contribution in [0.3, 0.4) is 0 Å². The number of aromatic nitrogens is 2. The van der Waals surface area contributed by atoms with E-state index in [9.17, 15) is 0 Å². The summed E-state index contributed by atoms with van der Waals surface area (Å²) in [5, 5.41) is 11.5. The van der Waals surface area contributed by atoms with Gasteiger partial charge in [-0.05, 0) is 38.3 Å². The SMILES string of the molecule is Cc1c(Cl)nnc(N)c1C1C[CH]CCN1. The number of nitrogens with zero attached hydrogens (tertiary/aromatic N) is 2. The maximum absolute atomic E-state index is 5.94. The highest BCUT2D eigenvalue weighted by Crippen LogP contribution is 2.30. The number of piperidine rings is 1. The molecule has 0 spiro atoms. The number of hydrogen-bond donors (Lipinski definition) is 2. The molecule has 1 aliphatic heterocycles. The summed E-state index contributed by atoms with van der Waals surface area (Å²) in [6, 6.07) is 0.228. The minimum Gasteiger partial charge on any atom is -0.382 e. The van der Waals surface area contributed by atoms with Crippen LogP contribution in [-0.2, 0) is 0 Å². The number of rotatable bonds is 1. The van der Waals surface area contributed by atoms with Gasteiger partial charge in [0.2, 0.25) is 0 Å². The lowest BCUT2D eigenvalue weighted by Gasteiger charge is -2.25. The van der Waals surface area contributed by atoms with Crippen LogP contribution in [-0.4, -0.2) is 16.7 Å². The number of anilines is 1. The van der Waals surface area contributed by atoms with Gasteiger partial charge in [-0.25, -0.2) is 0 Å². The predicted molar refractivity (Wildman–Crippen MR) is 60.5 cm³/mol. The van der Waals surface area contributed by atoms with Crippen LogP contribution in [0.15, 0.2) is 0 Å². The average Bonchev–Trinajstić information content (AvgIpc) is 2.26. The van der Waals surface area contributed by atoms with Crippen molar-refractivity contribution in [2.45, 2.75) is 25.8 Å². The molecule has 1 atom stereocenters. The number of halogens is 1. The van der Waals surface area contributed by atoms with Crippen molar-refractivity contribution in [3.63, 3.8) is 0 Å². The number of hydrogen-bond acceptors (Lipinski definition) is 4. The van der Waals surface area contributed by atoms with Crippen LogP contribution in [0.2, 0.25) is 5.15 Å². The molecule has 0 amide bonds. The molecule has 1 unspecified atom stereocenters. The Morgan fingerprint density at radius 2 is 2.33 bits per heavy atom. The van der Waals surface area contributed by atoms with Crippen LogP contribution in [0.4, 0.5) is 5.82 Å². The van der Waals surface area contributed by atoms with Gasteiger partial charge in [-0.15, -0.1) is 10.2 Å². The van der Waals surface area contributed by atoms with Gasteiger partial charge in [0.1, 0.15) is 0 Å². The molecule has 4 nitrogen and oxygen atoms in total. The molecule has 0 saturated carbocycles. The van der Waals surface area contributed by atoms with Crippen LogP contribution in [0.25, 0.3) is 0 Å². The molecule has 15 heavy (non-hydrogen) atoms. The van der Waals surface area contributed by atoms with Gasteiger partial charge < -0.3 is 11.1 Å². The Kier molecular flexibility index (Phi) is 3.07. The highest BCUT2D eigenvalue weighted by molar-refractivity contribution is 6.30. The van der Waals surface area contributed by atoms with Gasteiger partial charge in [0.05, 0.1) is 0 Å². The normalized spacial score (nSPS) is 21.6. The fourth-order valence-electron chi connectivity index (χ4n) is 1.92. The zero-order valence-electron chi connectivity index (χ0n) is 8.63. The molecule has 81 valence electrons. The summed E-state index contributed by atoms with van der Waals surface area (Å²) in [6.07, 6.45) is 4.32. The van der Waals surface area contributed by atoms with E-state index in [0.717, 1.165) is 30.5 Å². The van der Waals surface area contributed by atoms with Gasteiger partial charge in [0, 0.05) is 11.6 Å². The first-order valence-electron chi connectivity index (χ1n) is 5.03. The average molecular weight is 226 g/mol. The van der Waals surface area contributed by atoms with Gasteiger partial charge in [-0.2, -0.15) is 0 Å². The lowest BCUT2D eigenvalue weighted by molar-refractivity contribution is 0.473. The monoisotopic (exact) mass is 225 g/mol. The van der Waals surface area contributed by atoms with E-state index in [2.05, 4.69) is 21.9 Å². The third-order valence-electron chi connectivity index (χ3n) is 2.72. The number of nitrogen functional groups attached to an aromatic ring is 1. The van der Waals surface area contributed by atoms with Crippen molar-refractivity contribution in [2.24, 2.45) is 0 Å². The molecule has 2 heterocycles. The molecule has 0 aromatic carbocycles. The predicted octanol–water partition coefficient (Wildman–Crippen LogP) is 1.65. The highest BCUT2D eigenvalue weighted by atomic mass is 35.5. The second-order valence-corrected chi connectivity index (χ2v) is 4.09. The third-order valence-corrected chi connectivity index (χ3v) is 3.08. The van der Waals surface area contributed by atoms with Crippen molar-refractivity contribution < 1.29 is 0 Å². The van der Waals surface area contributed by atoms with E-state index < -0.39 is 0 Å². The molecular formula is C10H14ClN4. The van der Waals surface area contributed by atoms with Crippen molar-refractivity contribution >= 4 is 17.4 Å². The first-order valence-corrected chi connectivity index (χ1v) is 5.41. The fourth-order valence-corrected chi connectivity index (χ4v) is 2.06. The Morgan fingerprint density at radius 1 is 1.53 bits per heavy atom. The van der Waals surface area contributed by atoms with Crippen molar-refractivity contribution in [1.82, 2.24) is 15.5 Å². The maximum Gasteiger partial charge on any atom is 0.155 e. The van der Waals surface area contributed by atoms with E-state index in [0.29, 0.717) is 11.0 Å².